The molecule has 0 aliphatic rings. The number of carbonyl (C=O) groups excluding carboxylic acids is 1. The van der Waals surface area contributed by atoms with E-state index in [1.807, 2.05) is 0 Å². The molecule has 132 valence electrons. The SMILES string of the molecule is CCOP(=O)(O)C(C(=O)[O-])(P(=O)(O)OCC)P(=O)(O)OCC. The monoisotopic (exact) mass is 383 g/mol. The Bertz CT molecular complexity index is 479. The summed E-state index contributed by atoms with van der Waals surface area (Å²) in [4.78, 5) is 40.9. The van der Waals surface area contributed by atoms with Crippen LogP contribution < -0.4 is 5.11 Å². The van der Waals surface area contributed by atoms with Gasteiger partial charge in [-0.3, -0.25) is 13.7 Å². The molecule has 0 fully saturated rings. The predicted octanol–water partition coefficient (Wildman–Crippen LogP) is 0.0558. The Morgan fingerprint density at radius 1 is 0.864 bits per heavy atom. The summed E-state index contributed by atoms with van der Waals surface area (Å²) in [6, 6.07) is 0. The normalized spacial score (nSPS) is 22.8. The van der Waals surface area contributed by atoms with Crippen LogP contribution in [0.3, 0.4) is 0 Å². The molecular formula is C8H18O11P3-. The Labute approximate surface area is 126 Å². The van der Waals surface area contributed by atoms with Gasteiger partial charge in [0.25, 0.3) is 0 Å². The molecule has 0 aromatic carbocycles. The van der Waals surface area contributed by atoms with Crippen LogP contribution in [-0.4, -0.2) is 45.1 Å². The quantitative estimate of drug-likeness (QED) is 0.434. The van der Waals surface area contributed by atoms with E-state index < -0.39 is 53.2 Å². The summed E-state index contributed by atoms with van der Waals surface area (Å²) in [5, 5.41) is 11.4. The third kappa shape index (κ3) is 3.53. The van der Waals surface area contributed by atoms with E-state index in [0.717, 1.165) is 20.8 Å². The Morgan fingerprint density at radius 2 is 1.09 bits per heavy atom. The summed E-state index contributed by atoms with van der Waals surface area (Å²) < 4.78 is 45.3. The van der Waals surface area contributed by atoms with E-state index in [9.17, 15) is 38.3 Å². The molecule has 0 aromatic rings. The highest BCUT2D eigenvalue weighted by atomic mass is 31.3. The average molecular weight is 383 g/mol. The van der Waals surface area contributed by atoms with Gasteiger partial charge in [0.2, 0.25) is 0 Å². The minimum absolute atomic E-state index is 0.596. The lowest BCUT2D eigenvalue weighted by Crippen LogP contribution is -2.48. The van der Waals surface area contributed by atoms with Gasteiger partial charge in [-0.25, -0.2) is 0 Å². The molecule has 22 heavy (non-hydrogen) atoms. The van der Waals surface area contributed by atoms with Crippen LogP contribution in [0.2, 0.25) is 0 Å². The lowest BCUT2D eigenvalue weighted by Gasteiger charge is -2.40. The van der Waals surface area contributed by atoms with E-state index in [-0.39, 0.29) is 0 Å². The third-order valence-electron chi connectivity index (χ3n) is 2.37. The summed E-state index contributed by atoms with van der Waals surface area (Å²) in [5.74, 6) is -2.77. The topological polar surface area (TPSA) is 180 Å². The highest BCUT2D eigenvalue weighted by molar-refractivity contribution is 7.91. The van der Waals surface area contributed by atoms with Gasteiger partial charge in [0.05, 0.1) is 25.8 Å². The van der Waals surface area contributed by atoms with Gasteiger partial charge in [0.1, 0.15) is 0 Å². The van der Waals surface area contributed by atoms with Crippen molar-refractivity contribution in [3.05, 3.63) is 0 Å². The number of hydrogen-bond donors (Lipinski definition) is 3. The molecule has 0 saturated carbocycles. The van der Waals surface area contributed by atoms with E-state index in [2.05, 4.69) is 13.6 Å². The number of carboxylic acid groups (broad SMARTS) is 1. The van der Waals surface area contributed by atoms with Crippen molar-refractivity contribution in [1.82, 2.24) is 0 Å². The minimum Gasteiger partial charge on any atom is -0.547 e. The first kappa shape index (κ1) is 21.9. The Hall–Kier alpha value is -0.0800. The van der Waals surface area contributed by atoms with Gasteiger partial charge in [0.15, 0.2) is 0 Å². The lowest BCUT2D eigenvalue weighted by atomic mass is 10.8. The number of carboxylic acids is 1. The number of aliphatic carboxylic acids is 1. The molecular weight excluding hydrogens is 365 g/mol. The zero-order valence-electron chi connectivity index (χ0n) is 12.1. The van der Waals surface area contributed by atoms with Gasteiger partial charge in [0, 0.05) is 0 Å². The van der Waals surface area contributed by atoms with E-state index >= 15 is 0 Å². The largest absolute Gasteiger partial charge is 0.547 e. The maximum absolute atomic E-state index is 12.2. The van der Waals surface area contributed by atoms with Crippen LogP contribution in [0.1, 0.15) is 20.8 Å². The summed E-state index contributed by atoms with van der Waals surface area (Å²) in [7, 11) is -17.2. The maximum Gasteiger partial charge on any atom is 0.364 e. The Balaban J connectivity index is 6.76. The number of carbonyl (C=O) groups is 1. The van der Waals surface area contributed by atoms with Crippen molar-refractivity contribution in [1.29, 1.82) is 0 Å². The van der Waals surface area contributed by atoms with Crippen molar-refractivity contribution in [2.45, 2.75) is 25.4 Å². The lowest BCUT2D eigenvalue weighted by molar-refractivity contribution is -0.305. The molecule has 3 atom stereocenters. The first-order valence-corrected chi connectivity index (χ1v) is 10.7. The highest BCUT2D eigenvalue weighted by Gasteiger charge is 2.76. The molecule has 14 heteroatoms. The van der Waals surface area contributed by atoms with Crippen LogP contribution in [0, 0.1) is 0 Å². The van der Waals surface area contributed by atoms with Crippen LogP contribution >= 0.6 is 22.8 Å². The van der Waals surface area contributed by atoms with Crippen LogP contribution in [0.5, 0.6) is 0 Å². The summed E-state index contributed by atoms with van der Waals surface area (Å²) in [6.07, 6.45) is 0. The molecule has 3 unspecified atom stereocenters. The Kier molecular flexibility index (Phi) is 7.63. The fourth-order valence-corrected chi connectivity index (χ4v) is 8.77. The third-order valence-corrected chi connectivity index (χ3v) is 11.7. The maximum atomic E-state index is 12.2. The van der Waals surface area contributed by atoms with Crippen molar-refractivity contribution in [3.63, 3.8) is 0 Å². The van der Waals surface area contributed by atoms with E-state index in [1.165, 1.54) is 0 Å². The summed E-state index contributed by atoms with van der Waals surface area (Å²) in [5.41, 5.74) is 0. The fraction of sp³-hybridized carbons (Fsp3) is 0.875. The standard InChI is InChI=1S/C8H19O11P3/c1-4-17-20(11,12)8(7(9)10,21(13,14)18-5-2)22(15,16)19-6-3/h4-6H2,1-3H3,(H,9,10)(H,11,12)(H,13,14)(H,15,16)/p-1. The molecule has 0 heterocycles. The zero-order valence-corrected chi connectivity index (χ0v) is 14.8. The highest BCUT2D eigenvalue weighted by Crippen LogP contribution is 2.86. The second kappa shape index (κ2) is 7.66. The van der Waals surface area contributed by atoms with Crippen LogP contribution in [0.25, 0.3) is 0 Å². The molecule has 0 spiro atoms. The Morgan fingerprint density at radius 3 is 1.23 bits per heavy atom. The van der Waals surface area contributed by atoms with Gasteiger partial charge in [-0.1, -0.05) is 0 Å². The van der Waals surface area contributed by atoms with E-state index in [1.54, 1.807) is 0 Å². The minimum atomic E-state index is -5.73. The first-order valence-electron chi connectivity index (χ1n) is 6.01. The predicted molar refractivity (Wildman–Crippen MR) is 72.1 cm³/mol. The molecule has 11 nitrogen and oxygen atoms in total. The second-order valence-electron chi connectivity index (χ2n) is 3.74. The number of rotatable bonds is 10. The number of hydrogen-bond acceptors (Lipinski definition) is 8. The average Bonchev–Trinajstić information content (AvgIpc) is 2.26. The smallest absolute Gasteiger partial charge is 0.364 e. The summed E-state index contributed by atoms with van der Waals surface area (Å²) >= 11 is 0. The van der Waals surface area contributed by atoms with Gasteiger partial charge < -0.3 is 38.2 Å². The zero-order chi connectivity index (χ0) is 17.8. The van der Waals surface area contributed by atoms with Crippen molar-refractivity contribution in [2.24, 2.45) is 0 Å². The molecule has 3 N–H and O–H groups in total. The van der Waals surface area contributed by atoms with Gasteiger partial charge >= 0.3 is 27.4 Å². The molecule has 0 aromatic heterocycles. The van der Waals surface area contributed by atoms with Crippen molar-refractivity contribution in [3.8, 4) is 0 Å². The van der Waals surface area contributed by atoms with E-state index in [0.29, 0.717) is 0 Å². The van der Waals surface area contributed by atoms with Crippen molar-refractivity contribution in [2.75, 3.05) is 19.8 Å². The van der Waals surface area contributed by atoms with Gasteiger partial charge in [-0.2, -0.15) is 0 Å². The molecule has 0 rings (SSSR count). The first-order chi connectivity index (χ1) is 9.88. The molecule has 0 amide bonds. The van der Waals surface area contributed by atoms with Crippen LogP contribution in [0.15, 0.2) is 0 Å². The second-order valence-corrected chi connectivity index (χ2v) is 10.7. The molecule has 0 aliphatic heterocycles. The molecule has 0 aliphatic carbocycles. The summed E-state index contributed by atoms with van der Waals surface area (Å²) in [6.45, 7) is 1.70. The molecule has 0 saturated heterocycles. The van der Waals surface area contributed by atoms with Crippen LogP contribution in [0.4, 0.5) is 0 Å². The van der Waals surface area contributed by atoms with E-state index in [4.69, 9.17) is 0 Å². The molecule has 0 bridgehead atoms. The van der Waals surface area contributed by atoms with Gasteiger partial charge in [-0.05, 0) is 20.8 Å². The fourth-order valence-electron chi connectivity index (χ4n) is 1.62. The van der Waals surface area contributed by atoms with Crippen molar-refractivity contribution >= 4 is 28.8 Å². The molecule has 0 radical (unpaired) electrons. The van der Waals surface area contributed by atoms with Crippen molar-refractivity contribution < 1.29 is 51.8 Å². The van der Waals surface area contributed by atoms with Crippen LogP contribution in [-0.2, 0) is 32.1 Å². The van der Waals surface area contributed by atoms with Gasteiger partial charge in [-0.15, -0.1) is 0 Å².